The Bertz CT molecular complexity index is 933. The van der Waals surface area contributed by atoms with E-state index in [0.717, 1.165) is 34.4 Å². The minimum Gasteiger partial charge on any atom is -0.342 e. The topological polar surface area (TPSA) is 51.0 Å². The number of amides is 1. The maximum absolute atomic E-state index is 13.1. The van der Waals surface area contributed by atoms with Crippen LogP contribution >= 0.6 is 23.1 Å². The van der Waals surface area contributed by atoms with Crippen LogP contribution in [0.2, 0.25) is 0 Å². The fourth-order valence-corrected chi connectivity index (χ4v) is 5.53. The summed E-state index contributed by atoms with van der Waals surface area (Å²) in [6, 6.07) is 14.5. The van der Waals surface area contributed by atoms with Crippen LogP contribution in [0.15, 0.2) is 53.0 Å². The monoisotopic (exact) mass is 426 g/mol. The van der Waals surface area contributed by atoms with Crippen molar-refractivity contribution in [3.8, 4) is 16.4 Å². The number of carbonyl (C=O) groups is 1. The number of thioether (sulfide) groups is 1. The molecule has 3 aromatic rings. The first-order chi connectivity index (χ1) is 14.1. The largest absolute Gasteiger partial charge is 0.342 e. The van der Waals surface area contributed by atoms with Gasteiger partial charge < -0.3 is 4.90 Å². The van der Waals surface area contributed by atoms with Crippen molar-refractivity contribution in [3.05, 3.63) is 47.8 Å². The van der Waals surface area contributed by atoms with Crippen molar-refractivity contribution in [3.63, 3.8) is 0 Å². The van der Waals surface area contributed by atoms with Crippen LogP contribution in [0.5, 0.6) is 0 Å². The summed E-state index contributed by atoms with van der Waals surface area (Å²) >= 11 is 3.13. The lowest BCUT2D eigenvalue weighted by Crippen LogP contribution is -2.42. The molecule has 0 aliphatic heterocycles. The summed E-state index contributed by atoms with van der Waals surface area (Å²) in [5, 5.41) is 11.5. The number of rotatable bonds is 6. The van der Waals surface area contributed by atoms with E-state index in [2.05, 4.69) is 14.8 Å². The van der Waals surface area contributed by atoms with Crippen LogP contribution < -0.4 is 0 Å². The van der Waals surface area contributed by atoms with Gasteiger partial charge in [-0.3, -0.25) is 9.36 Å². The van der Waals surface area contributed by atoms with Crippen LogP contribution in [0.4, 0.5) is 0 Å². The van der Waals surface area contributed by atoms with E-state index in [9.17, 15) is 4.79 Å². The predicted octanol–water partition coefficient (Wildman–Crippen LogP) is 5.27. The first-order valence-electron chi connectivity index (χ1n) is 10.1. The van der Waals surface area contributed by atoms with Crippen molar-refractivity contribution < 1.29 is 4.79 Å². The van der Waals surface area contributed by atoms with Crippen molar-refractivity contribution in [1.82, 2.24) is 19.7 Å². The molecule has 1 aromatic carbocycles. The van der Waals surface area contributed by atoms with Gasteiger partial charge in [-0.1, -0.05) is 55.3 Å². The third kappa shape index (κ3) is 4.41. The number of thiophene rings is 1. The number of aromatic nitrogens is 3. The van der Waals surface area contributed by atoms with Crippen molar-refractivity contribution in [2.75, 3.05) is 7.05 Å². The molecule has 152 valence electrons. The summed E-state index contributed by atoms with van der Waals surface area (Å²) in [5.41, 5.74) is 1.00. The molecule has 1 atom stereocenters. The SMILES string of the molecule is CC(Sc1nnc(-c2cccs2)n1-c1ccccc1)C(=O)N(C)C1CCCCC1. The summed E-state index contributed by atoms with van der Waals surface area (Å²) in [4.78, 5) is 16.1. The lowest BCUT2D eigenvalue weighted by Gasteiger charge is -2.32. The Morgan fingerprint density at radius 2 is 1.90 bits per heavy atom. The molecule has 29 heavy (non-hydrogen) atoms. The molecule has 0 spiro atoms. The number of carbonyl (C=O) groups excluding carboxylic acids is 1. The fourth-order valence-electron chi connectivity index (χ4n) is 3.87. The van der Waals surface area contributed by atoms with Gasteiger partial charge in [0.1, 0.15) is 0 Å². The lowest BCUT2D eigenvalue weighted by molar-refractivity contribution is -0.131. The highest BCUT2D eigenvalue weighted by Crippen LogP contribution is 2.33. The molecule has 5 nitrogen and oxygen atoms in total. The zero-order valence-corrected chi connectivity index (χ0v) is 18.5. The van der Waals surface area contributed by atoms with E-state index in [1.807, 2.05) is 66.7 Å². The van der Waals surface area contributed by atoms with Crippen molar-refractivity contribution in [1.29, 1.82) is 0 Å². The Labute approximate surface area is 180 Å². The highest BCUT2D eigenvalue weighted by Gasteiger charge is 2.28. The van der Waals surface area contributed by atoms with Gasteiger partial charge in [0.15, 0.2) is 11.0 Å². The molecule has 1 saturated carbocycles. The number of hydrogen-bond acceptors (Lipinski definition) is 5. The molecule has 1 amide bonds. The molecule has 0 bridgehead atoms. The van der Waals surface area contributed by atoms with Crippen LogP contribution in [0.25, 0.3) is 16.4 Å². The van der Waals surface area contributed by atoms with Crippen LogP contribution in [-0.2, 0) is 4.79 Å². The Morgan fingerprint density at radius 3 is 2.59 bits per heavy atom. The van der Waals surface area contributed by atoms with E-state index in [0.29, 0.717) is 6.04 Å². The van der Waals surface area contributed by atoms with Gasteiger partial charge in [0.05, 0.1) is 10.1 Å². The smallest absolute Gasteiger partial charge is 0.235 e. The predicted molar refractivity (Wildman–Crippen MR) is 120 cm³/mol. The quantitative estimate of drug-likeness (QED) is 0.504. The second-order valence-electron chi connectivity index (χ2n) is 7.46. The second kappa shape index (κ2) is 9.13. The van der Waals surface area contributed by atoms with Crippen LogP contribution in [0.1, 0.15) is 39.0 Å². The van der Waals surface area contributed by atoms with Gasteiger partial charge in [0, 0.05) is 18.8 Å². The highest BCUT2D eigenvalue weighted by molar-refractivity contribution is 8.00. The highest BCUT2D eigenvalue weighted by atomic mass is 32.2. The van der Waals surface area contributed by atoms with E-state index in [-0.39, 0.29) is 11.2 Å². The molecule has 1 aliphatic carbocycles. The van der Waals surface area contributed by atoms with Crippen LogP contribution in [-0.4, -0.2) is 43.9 Å². The summed E-state index contributed by atoms with van der Waals surface area (Å²) < 4.78 is 2.06. The summed E-state index contributed by atoms with van der Waals surface area (Å²) in [7, 11) is 1.95. The van der Waals surface area contributed by atoms with Gasteiger partial charge in [0.25, 0.3) is 0 Å². The van der Waals surface area contributed by atoms with E-state index in [4.69, 9.17) is 0 Å². The molecule has 0 saturated heterocycles. The Morgan fingerprint density at radius 1 is 1.14 bits per heavy atom. The molecule has 1 fully saturated rings. The van der Waals surface area contributed by atoms with E-state index in [1.54, 1.807) is 11.3 Å². The number of benzene rings is 1. The minimum absolute atomic E-state index is 0.169. The van der Waals surface area contributed by atoms with E-state index in [1.165, 1.54) is 31.0 Å². The Balaban J connectivity index is 1.59. The zero-order valence-electron chi connectivity index (χ0n) is 16.8. The number of nitrogens with zero attached hydrogens (tertiary/aromatic N) is 4. The third-order valence-corrected chi connectivity index (χ3v) is 7.39. The summed E-state index contributed by atoms with van der Waals surface area (Å²) in [6.45, 7) is 1.97. The van der Waals surface area contributed by atoms with Gasteiger partial charge in [-0.2, -0.15) is 0 Å². The first-order valence-corrected chi connectivity index (χ1v) is 11.9. The molecule has 4 rings (SSSR count). The molecule has 1 unspecified atom stereocenters. The minimum atomic E-state index is -0.218. The molecular formula is C22H26N4OS2. The van der Waals surface area contributed by atoms with Crippen molar-refractivity contribution >= 4 is 29.0 Å². The molecule has 0 N–H and O–H groups in total. The third-order valence-electron chi connectivity index (χ3n) is 5.49. The molecule has 2 heterocycles. The van der Waals surface area contributed by atoms with Gasteiger partial charge in [0.2, 0.25) is 5.91 Å². The van der Waals surface area contributed by atoms with Gasteiger partial charge in [-0.15, -0.1) is 21.5 Å². The van der Waals surface area contributed by atoms with E-state index < -0.39 is 0 Å². The van der Waals surface area contributed by atoms with E-state index >= 15 is 0 Å². The first kappa shape index (κ1) is 20.2. The lowest BCUT2D eigenvalue weighted by atomic mass is 9.94. The fraction of sp³-hybridized carbons (Fsp3) is 0.409. The maximum atomic E-state index is 13.1. The average Bonchev–Trinajstić information content (AvgIpc) is 3.43. The molecule has 2 aromatic heterocycles. The number of hydrogen-bond donors (Lipinski definition) is 0. The second-order valence-corrected chi connectivity index (χ2v) is 9.71. The van der Waals surface area contributed by atoms with Gasteiger partial charge in [-0.25, -0.2) is 0 Å². The maximum Gasteiger partial charge on any atom is 0.235 e. The Kier molecular flexibility index (Phi) is 6.35. The average molecular weight is 427 g/mol. The molecule has 1 aliphatic rings. The number of para-hydroxylation sites is 1. The molecular weight excluding hydrogens is 400 g/mol. The van der Waals surface area contributed by atoms with Crippen LogP contribution in [0, 0.1) is 0 Å². The molecule has 7 heteroatoms. The molecule has 0 radical (unpaired) electrons. The van der Waals surface area contributed by atoms with Crippen molar-refractivity contribution in [2.45, 2.75) is 55.5 Å². The van der Waals surface area contributed by atoms with Gasteiger partial charge in [-0.05, 0) is 43.3 Å². The Hall–Kier alpha value is -2.12. The van der Waals surface area contributed by atoms with Gasteiger partial charge >= 0.3 is 0 Å². The van der Waals surface area contributed by atoms with Crippen LogP contribution in [0.3, 0.4) is 0 Å². The standard InChI is InChI=1S/C22H26N4OS2/c1-16(21(27)25(2)17-10-5-3-6-11-17)29-22-24-23-20(19-14-9-15-28-19)26(22)18-12-7-4-8-13-18/h4,7-9,12-17H,3,5-6,10-11H2,1-2H3. The normalized spacial score (nSPS) is 15.9. The summed E-state index contributed by atoms with van der Waals surface area (Å²) in [5.74, 6) is 0.983. The zero-order chi connectivity index (χ0) is 20.2. The summed E-state index contributed by atoms with van der Waals surface area (Å²) in [6.07, 6.45) is 5.95. The van der Waals surface area contributed by atoms with Crippen molar-refractivity contribution in [2.24, 2.45) is 0 Å².